The minimum Gasteiger partial charge on any atom is -0.493 e. The van der Waals surface area contributed by atoms with E-state index in [0.717, 1.165) is 24.5 Å². The fraction of sp³-hybridized carbons (Fsp3) is 0.375. The average Bonchev–Trinajstić information content (AvgIpc) is 3.01. The normalized spacial score (nSPS) is 12.2. The Kier molecular flexibility index (Phi) is 5.44. The molecule has 108 valence electrons. The Morgan fingerprint density at radius 3 is 2.60 bits per heavy atom. The molecule has 0 saturated carbocycles. The van der Waals surface area contributed by atoms with Crippen LogP contribution in [0.5, 0.6) is 11.5 Å². The highest BCUT2D eigenvalue weighted by atomic mass is 32.1. The van der Waals surface area contributed by atoms with Crippen molar-refractivity contribution in [2.45, 2.75) is 19.4 Å². The fourth-order valence-electron chi connectivity index (χ4n) is 2.11. The van der Waals surface area contributed by atoms with E-state index in [1.807, 2.05) is 12.1 Å². The topological polar surface area (TPSA) is 30.5 Å². The van der Waals surface area contributed by atoms with Crippen molar-refractivity contribution >= 4 is 11.3 Å². The summed E-state index contributed by atoms with van der Waals surface area (Å²) in [6, 6.07) is 10.7. The summed E-state index contributed by atoms with van der Waals surface area (Å²) in [6.45, 7) is 3.13. The molecule has 0 aliphatic heterocycles. The molecule has 1 aromatic heterocycles. The van der Waals surface area contributed by atoms with Crippen molar-refractivity contribution in [1.29, 1.82) is 0 Å². The highest BCUT2D eigenvalue weighted by molar-refractivity contribution is 7.10. The number of rotatable bonds is 7. The second kappa shape index (κ2) is 7.31. The third-order valence-electron chi connectivity index (χ3n) is 3.28. The maximum Gasteiger partial charge on any atom is 0.160 e. The van der Waals surface area contributed by atoms with Gasteiger partial charge in [-0.05, 0) is 49.0 Å². The molecule has 4 heteroatoms. The van der Waals surface area contributed by atoms with Gasteiger partial charge in [0.25, 0.3) is 0 Å². The number of hydrogen-bond donors (Lipinski definition) is 1. The van der Waals surface area contributed by atoms with Crippen LogP contribution in [0, 0.1) is 0 Å². The van der Waals surface area contributed by atoms with E-state index in [1.165, 1.54) is 10.4 Å². The van der Waals surface area contributed by atoms with Crippen LogP contribution in [0.3, 0.4) is 0 Å². The van der Waals surface area contributed by atoms with Crippen LogP contribution in [-0.4, -0.2) is 20.8 Å². The van der Waals surface area contributed by atoms with Crippen LogP contribution in [0.4, 0.5) is 0 Å². The van der Waals surface area contributed by atoms with Gasteiger partial charge in [0.1, 0.15) is 0 Å². The molecule has 1 unspecified atom stereocenters. The van der Waals surface area contributed by atoms with Gasteiger partial charge in [-0.3, -0.25) is 0 Å². The molecule has 1 N–H and O–H groups in total. The molecule has 2 rings (SSSR count). The van der Waals surface area contributed by atoms with Gasteiger partial charge in [-0.15, -0.1) is 11.3 Å². The summed E-state index contributed by atoms with van der Waals surface area (Å²) in [4.78, 5) is 1.37. The standard InChI is InChI=1S/C16H21NO2S/c1-12(16-5-4-10-20-16)17-9-8-13-6-7-14(18-2)15(11-13)19-3/h4-7,10-12,17H,8-9H2,1-3H3. The third kappa shape index (κ3) is 3.74. The highest BCUT2D eigenvalue weighted by Gasteiger charge is 2.07. The Morgan fingerprint density at radius 1 is 1.15 bits per heavy atom. The number of hydrogen-bond acceptors (Lipinski definition) is 4. The molecule has 0 fully saturated rings. The quantitative estimate of drug-likeness (QED) is 0.844. The smallest absolute Gasteiger partial charge is 0.160 e. The molecule has 0 bridgehead atoms. The summed E-state index contributed by atoms with van der Waals surface area (Å²) >= 11 is 1.79. The minimum absolute atomic E-state index is 0.398. The molecule has 0 saturated heterocycles. The van der Waals surface area contributed by atoms with Gasteiger partial charge in [-0.2, -0.15) is 0 Å². The van der Waals surface area contributed by atoms with Gasteiger partial charge >= 0.3 is 0 Å². The maximum absolute atomic E-state index is 5.32. The Hall–Kier alpha value is -1.52. The number of thiophene rings is 1. The first-order chi connectivity index (χ1) is 9.74. The van der Waals surface area contributed by atoms with Crippen molar-refractivity contribution in [3.8, 4) is 11.5 Å². The van der Waals surface area contributed by atoms with E-state index in [9.17, 15) is 0 Å². The number of methoxy groups -OCH3 is 2. The van der Waals surface area contributed by atoms with Crippen LogP contribution in [0.15, 0.2) is 35.7 Å². The first-order valence-corrected chi connectivity index (χ1v) is 7.60. The van der Waals surface area contributed by atoms with Gasteiger partial charge in [-0.25, -0.2) is 0 Å². The van der Waals surface area contributed by atoms with Gasteiger partial charge in [0, 0.05) is 10.9 Å². The second-order valence-corrected chi connectivity index (χ2v) is 5.61. The molecule has 0 radical (unpaired) electrons. The lowest BCUT2D eigenvalue weighted by Gasteiger charge is -2.13. The summed E-state index contributed by atoms with van der Waals surface area (Å²) in [5, 5.41) is 5.65. The molecule has 0 amide bonds. The first kappa shape index (κ1) is 14.9. The van der Waals surface area contributed by atoms with E-state index in [0.29, 0.717) is 6.04 Å². The van der Waals surface area contributed by atoms with Crippen molar-refractivity contribution in [2.75, 3.05) is 20.8 Å². The zero-order valence-electron chi connectivity index (χ0n) is 12.2. The van der Waals surface area contributed by atoms with Gasteiger partial charge in [0.05, 0.1) is 14.2 Å². The summed E-state index contributed by atoms with van der Waals surface area (Å²) in [6.07, 6.45) is 0.968. The lowest BCUT2D eigenvalue weighted by atomic mass is 10.1. The lowest BCUT2D eigenvalue weighted by Crippen LogP contribution is -2.20. The molecule has 20 heavy (non-hydrogen) atoms. The van der Waals surface area contributed by atoms with Crippen molar-refractivity contribution in [3.05, 3.63) is 46.2 Å². The molecule has 3 nitrogen and oxygen atoms in total. The molecular formula is C16H21NO2S. The number of benzene rings is 1. The largest absolute Gasteiger partial charge is 0.493 e. The predicted molar refractivity (Wildman–Crippen MR) is 84.0 cm³/mol. The Labute approximate surface area is 124 Å². The first-order valence-electron chi connectivity index (χ1n) is 6.72. The number of ether oxygens (including phenoxy) is 2. The van der Waals surface area contributed by atoms with E-state index in [4.69, 9.17) is 9.47 Å². The van der Waals surface area contributed by atoms with Crippen LogP contribution in [0.1, 0.15) is 23.4 Å². The van der Waals surface area contributed by atoms with Crippen molar-refractivity contribution < 1.29 is 9.47 Å². The van der Waals surface area contributed by atoms with Crippen LogP contribution in [0.25, 0.3) is 0 Å². The zero-order chi connectivity index (χ0) is 14.4. The van der Waals surface area contributed by atoms with Gasteiger partial charge < -0.3 is 14.8 Å². The van der Waals surface area contributed by atoms with E-state index in [-0.39, 0.29) is 0 Å². The maximum atomic E-state index is 5.32. The molecule has 0 aliphatic rings. The van der Waals surface area contributed by atoms with Crippen LogP contribution >= 0.6 is 11.3 Å². The van der Waals surface area contributed by atoms with Crippen LogP contribution in [-0.2, 0) is 6.42 Å². The van der Waals surface area contributed by atoms with E-state index >= 15 is 0 Å². The SMILES string of the molecule is COc1ccc(CCNC(C)c2cccs2)cc1OC. The number of nitrogens with one attached hydrogen (secondary N) is 1. The molecular weight excluding hydrogens is 270 g/mol. The van der Waals surface area contributed by atoms with Gasteiger partial charge in [0.2, 0.25) is 0 Å². The molecule has 1 atom stereocenters. The van der Waals surface area contributed by atoms with Crippen LogP contribution in [0.2, 0.25) is 0 Å². The van der Waals surface area contributed by atoms with Crippen molar-refractivity contribution in [1.82, 2.24) is 5.32 Å². The fourth-order valence-corrected chi connectivity index (χ4v) is 2.87. The second-order valence-electron chi connectivity index (χ2n) is 4.63. The van der Waals surface area contributed by atoms with E-state index < -0.39 is 0 Å². The Bertz CT molecular complexity index is 525. The van der Waals surface area contributed by atoms with Gasteiger partial charge in [-0.1, -0.05) is 12.1 Å². The third-order valence-corrected chi connectivity index (χ3v) is 4.34. The van der Waals surface area contributed by atoms with Crippen molar-refractivity contribution in [3.63, 3.8) is 0 Å². The lowest BCUT2D eigenvalue weighted by molar-refractivity contribution is 0.354. The average molecular weight is 291 g/mol. The highest BCUT2D eigenvalue weighted by Crippen LogP contribution is 2.27. The summed E-state index contributed by atoms with van der Waals surface area (Å²) < 4.78 is 10.6. The zero-order valence-corrected chi connectivity index (χ0v) is 13.0. The summed E-state index contributed by atoms with van der Waals surface area (Å²) in [5.74, 6) is 1.56. The summed E-state index contributed by atoms with van der Waals surface area (Å²) in [5.41, 5.74) is 1.24. The minimum atomic E-state index is 0.398. The van der Waals surface area contributed by atoms with Crippen molar-refractivity contribution in [2.24, 2.45) is 0 Å². The molecule has 0 aliphatic carbocycles. The molecule has 1 aromatic carbocycles. The van der Waals surface area contributed by atoms with E-state index in [2.05, 4.69) is 35.8 Å². The molecule has 2 aromatic rings. The Morgan fingerprint density at radius 2 is 1.95 bits per heavy atom. The predicted octanol–water partition coefficient (Wildman–Crippen LogP) is 3.66. The summed E-state index contributed by atoms with van der Waals surface area (Å²) in [7, 11) is 3.32. The molecule has 0 spiro atoms. The Balaban J connectivity index is 1.88. The molecule has 1 heterocycles. The monoisotopic (exact) mass is 291 g/mol. The van der Waals surface area contributed by atoms with Crippen LogP contribution < -0.4 is 14.8 Å². The van der Waals surface area contributed by atoms with Gasteiger partial charge in [0.15, 0.2) is 11.5 Å². The van der Waals surface area contributed by atoms with E-state index in [1.54, 1.807) is 25.6 Å².